The van der Waals surface area contributed by atoms with Gasteiger partial charge in [-0.15, -0.1) is 6.58 Å². The number of amides is 1. The van der Waals surface area contributed by atoms with E-state index in [0.29, 0.717) is 31.7 Å². The molecule has 9 heteroatoms. The van der Waals surface area contributed by atoms with Crippen LogP contribution in [-0.2, 0) is 21.4 Å². The van der Waals surface area contributed by atoms with Crippen LogP contribution in [0.1, 0.15) is 25.0 Å². The number of rotatable bonds is 6. The lowest BCUT2D eigenvalue weighted by molar-refractivity contribution is -0.135. The quantitative estimate of drug-likeness (QED) is 0.597. The Morgan fingerprint density at radius 2 is 2.09 bits per heavy atom. The van der Waals surface area contributed by atoms with Gasteiger partial charge in [0.2, 0.25) is 15.9 Å². The van der Waals surface area contributed by atoms with Crippen LogP contribution in [0.2, 0.25) is 5.02 Å². The molecule has 4 rings (SSSR count). The zero-order valence-electron chi connectivity index (χ0n) is 17.9. The monoisotopic (exact) mass is 475 g/mol. The third-order valence-corrected chi connectivity index (χ3v) is 8.44. The molecule has 2 aromatic rings. The molecular formula is C23H26ClN3O4S. The van der Waals surface area contributed by atoms with Gasteiger partial charge in [0, 0.05) is 24.7 Å². The van der Waals surface area contributed by atoms with Crippen molar-refractivity contribution in [3.05, 3.63) is 66.0 Å². The number of hydrogen-bond acceptors (Lipinski definition) is 5. The number of fused-ring (bicyclic) bond motifs is 2. The molecular weight excluding hydrogens is 450 g/mol. The number of methoxy groups -OCH3 is 1. The van der Waals surface area contributed by atoms with E-state index >= 15 is 0 Å². The topological polar surface area (TPSA) is 79.8 Å². The Kier molecular flexibility index (Phi) is 6.55. The van der Waals surface area contributed by atoms with Gasteiger partial charge in [0.15, 0.2) is 0 Å². The fourth-order valence-electron chi connectivity index (χ4n) is 4.65. The van der Waals surface area contributed by atoms with Crippen molar-refractivity contribution in [1.29, 1.82) is 0 Å². The van der Waals surface area contributed by atoms with Gasteiger partial charge in [-0.2, -0.15) is 4.31 Å². The molecule has 2 fully saturated rings. The lowest BCUT2D eigenvalue weighted by Crippen LogP contribution is -2.54. The molecule has 0 spiro atoms. The molecule has 7 nitrogen and oxygen atoms in total. The first kappa shape index (κ1) is 22.8. The zero-order chi connectivity index (χ0) is 22.9. The van der Waals surface area contributed by atoms with Crippen LogP contribution in [0.15, 0.2) is 60.1 Å². The second-order valence-corrected chi connectivity index (χ2v) is 10.3. The average molecular weight is 476 g/mol. The number of carbonyl (C=O) groups is 1. The molecule has 0 radical (unpaired) electrons. The fourth-order valence-corrected chi connectivity index (χ4v) is 6.88. The summed E-state index contributed by atoms with van der Waals surface area (Å²) in [4.78, 5) is 19.7. The van der Waals surface area contributed by atoms with Gasteiger partial charge in [-0.3, -0.25) is 9.78 Å². The molecule has 0 saturated carbocycles. The van der Waals surface area contributed by atoms with Gasteiger partial charge in [-0.1, -0.05) is 23.7 Å². The van der Waals surface area contributed by atoms with Crippen molar-refractivity contribution in [3.63, 3.8) is 0 Å². The minimum absolute atomic E-state index is 0.0500. The lowest BCUT2D eigenvalue weighted by atomic mass is 9.90. The molecule has 1 aromatic heterocycles. The number of ether oxygens (including phenoxy) is 1. The normalized spacial score (nSPS) is 24.1. The number of benzene rings is 1. The Morgan fingerprint density at radius 1 is 1.28 bits per heavy atom. The standard InChI is InChI=1S/C23H26ClN3O4S/c1-3-16-14-26(15-17-7-4-5-12-25-17)23(28)21-9-6-8-20(16)27(21)32(29,30)18-10-11-22(31-2)19(24)13-18/h3-5,7,10-13,16,20-21H,1,6,8-9,14-15H2,2H3/t16-,20-,21?/m0/s1. The SMILES string of the molecule is C=C[C@H]1CN(Cc2ccccn2)C(=O)C2CCC[C@@H]1N2S(=O)(=O)c1ccc(OC)c(Cl)c1. The molecule has 1 amide bonds. The summed E-state index contributed by atoms with van der Waals surface area (Å²) in [5.74, 6) is -0.00685. The number of halogens is 1. The van der Waals surface area contributed by atoms with Gasteiger partial charge in [0.25, 0.3) is 0 Å². The number of piperidine rings is 1. The summed E-state index contributed by atoms with van der Waals surface area (Å²) >= 11 is 6.22. The highest BCUT2D eigenvalue weighted by Crippen LogP contribution is 2.39. The molecule has 2 aliphatic heterocycles. The van der Waals surface area contributed by atoms with Crippen LogP contribution < -0.4 is 4.74 Å². The fraction of sp³-hybridized carbons (Fsp3) is 0.391. The van der Waals surface area contributed by atoms with Crippen LogP contribution in [0.4, 0.5) is 0 Å². The molecule has 1 aromatic carbocycles. The Hall–Kier alpha value is -2.42. The van der Waals surface area contributed by atoms with Crippen molar-refractivity contribution < 1.29 is 17.9 Å². The minimum atomic E-state index is -3.98. The predicted octanol–water partition coefficient (Wildman–Crippen LogP) is 3.50. The third-order valence-electron chi connectivity index (χ3n) is 6.21. The van der Waals surface area contributed by atoms with Gasteiger partial charge in [0.1, 0.15) is 11.8 Å². The number of sulfonamides is 1. The van der Waals surface area contributed by atoms with Crippen LogP contribution in [0.25, 0.3) is 0 Å². The maximum Gasteiger partial charge on any atom is 0.244 e. The predicted molar refractivity (Wildman–Crippen MR) is 122 cm³/mol. The van der Waals surface area contributed by atoms with Crippen molar-refractivity contribution >= 4 is 27.5 Å². The van der Waals surface area contributed by atoms with E-state index in [2.05, 4.69) is 11.6 Å². The first-order chi connectivity index (χ1) is 15.4. The van der Waals surface area contributed by atoms with Crippen molar-refractivity contribution in [2.45, 2.75) is 42.8 Å². The van der Waals surface area contributed by atoms with E-state index in [9.17, 15) is 13.2 Å². The van der Waals surface area contributed by atoms with Gasteiger partial charge < -0.3 is 9.64 Å². The largest absolute Gasteiger partial charge is 0.495 e. The van der Waals surface area contributed by atoms with Gasteiger partial charge in [-0.25, -0.2) is 8.42 Å². The zero-order valence-corrected chi connectivity index (χ0v) is 19.4. The molecule has 2 saturated heterocycles. The second kappa shape index (κ2) is 9.21. The summed E-state index contributed by atoms with van der Waals surface area (Å²) in [5.41, 5.74) is 0.761. The third kappa shape index (κ3) is 4.14. The maximum atomic E-state index is 13.8. The van der Waals surface area contributed by atoms with Crippen molar-refractivity contribution in [3.8, 4) is 5.75 Å². The molecule has 32 heavy (non-hydrogen) atoms. The average Bonchev–Trinajstić information content (AvgIpc) is 2.87. The Balaban J connectivity index is 1.74. The van der Waals surface area contributed by atoms with Crippen LogP contribution in [-0.4, -0.2) is 54.3 Å². The van der Waals surface area contributed by atoms with Gasteiger partial charge in [0.05, 0.1) is 29.3 Å². The Bertz CT molecular complexity index is 1110. The summed E-state index contributed by atoms with van der Waals surface area (Å²) in [6.07, 6.45) is 5.37. The molecule has 2 bridgehead atoms. The summed E-state index contributed by atoms with van der Waals surface area (Å²) < 4.78 is 34.1. The van der Waals surface area contributed by atoms with Crippen LogP contribution >= 0.6 is 11.6 Å². The van der Waals surface area contributed by atoms with E-state index in [1.165, 1.54) is 29.6 Å². The van der Waals surface area contributed by atoms with Crippen LogP contribution in [0, 0.1) is 5.92 Å². The molecule has 2 aliphatic rings. The molecule has 1 unspecified atom stereocenters. The maximum absolute atomic E-state index is 13.8. The molecule has 0 N–H and O–H groups in total. The van der Waals surface area contributed by atoms with Crippen LogP contribution in [0.5, 0.6) is 5.75 Å². The molecule has 3 atom stereocenters. The smallest absolute Gasteiger partial charge is 0.244 e. The first-order valence-electron chi connectivity index (χ1n) is 10.5. The number of aromatic nitrogens is 1. The summed E-state index contributed by atoms with van der Waals surface area (Å²) in [7, 11) is -2.51. The van der Waals surface area contributed by atoms with Crippen LogP contribution in [0.3, 0.4) is 0 Å². The van der Waals surface area contributed by atoms with E-state index in [0.717, 1.165) is 12.1 Å². The highest BCUT2D eigenvalue weighted by Gasteiger charge is 2.49. The molecule has 0 aliphatic carbocycles. The molecule has 3 heterocycles. The lowest BCUT2D eigenvalue weighted by Gasteiger charge is -2.40. The summed E-state index contributed by atoms with van der Waals surface area (Å²) in [5, 5.41) is 0.205. The van der Waals surface area contributed by atoms with E-state index in [1.807, 2.05) is 18.2 Å². The summed E-state index contributed by atoms with van der Waals surface area (Å²) in [6.45, 7) is 4.68. The number of hydrogen-bond donors (Lipinski definition) is 0. The Labute approximate surface area is 193 Å². The van der Waals surface area contributed by atoms with Gasteiger partial charge >= 0.3 is 0 Å². The highest BCUT2D eigenvalue weighted by molar-refractivity contribution is 7.89. The minimum Gasteiger partial charge on any atom is -0.495 e. The van der Waals surface area contributed by atoms with E-state index in [1.54, 1.807) is 17.2 Å². The van der Waals surface area contributed by atoms with E-state index < -0.39 is 16.1 Å². The highest BCUT2D eigenvalue weighted by atomic mass is 35.5. The van der Waals surface area contributed by atoms with E-state index in [4.69, 9.17) is 16.3 Å². The number of carbonyl (C=O) groups excluding carboxylic acids is 1. The van der Waals surface area contributed by atoms with Crippen molar-refractivity contribution in [2.75, 3.05) is 13.7 Å². The first-order valence-corrected chi connectivity index (χ1v) is 12.4. The Morgan fingerprint density at radius 3 is 2.75 bits per heavy atom. The van der Waals surface area contributed by atoms with Crippen molar-refractivity contribution in [1.82, 2.24) is 14.2 Å². The van der Waals surface area contributed by atoms with Crippen molar-refractivity contribution in [2.24, 2.45) is 5.92 Å². The summed E-state index contributed by atoms with van der Waals surface area (Å²) in [6, 6.07) is 8.82. The number of pyridine rings is 1. The second-order valence-electron chi connectivity index (χ2n) is 8.08. The molecule has 170 valence electrons. The van der Waals surface area contributed by atoms with Gasteiger partial charge in [-0.05, 0) is 49.6 Å². The number of nitrogens with zero attached hydrogens (tertiary/aromatic N) is 3. The van der Waals surface area contributed by atoms with E-state index in [-0.39, 0.29) is 27.8 Å².